The summed E-state index contributed by atoms with van der Waals surface area (Å²) in [5.41, 5.74) is 7.65. The Kier molecular flexibility index (Phi) is 5.01. The molecule has 0 saturated carbocycles. The molecule has 0 aliphatic rings. The van der Waals surface area contributed by atoms with E-state index in [0.29, 0.717) is 12.1 Å². The first-order valence-electron chi connectivity index (χ1n) is 6.88. The first kappa shape index (κ1) is 14.4. The summed E-state index contributed by atoms with van der Waals surface area (Å²) in [5.74, 6) is 0.0188. The zero-order valence-electron chi connectivity index (χ0n) is 11.7. The fourth-order valence-corrected chi connectivity index (χ4v) is 2.09. The van der Waals surface area contributed by atoms with E-state index in [0.717, 1.165) is 36.8 Å². The molecule has 0 aliphatic heterocycles. The van der Waals surface area contributed by atoms with E-state index in [1.54, 1.807) is 29.4 Å². The van der Waals surface area contributed by atoms with E-state index in [4.69, 9.17) is 5.73 Å². The van der Waals surface area contributed by atoms with Gasteiger partial charge in [-0.25, -0.2) is 0 Å². The van der Waals surface area contributed by atoms with Crippen LogP contribution in [0.3, 0.4) is 0 Å². The molecule has 20 heavy (non-hydrogen) atoms. The van der Waals surface area contributed by atoms with E-state index in [9.17, 15) is 4.79 Å². The molecule has 1 amide bonds. The highest BCUT2D eigenvalue weighted by Gasteiger charge is 2.12. The van der Waals surface area contributed by atoms with Crippen LogP contribution in [0.25, 0.3) is 11.0 Å². The number of amides is 1. The zero-order chi connectivity index (χ0) is 14.4. The average Bonchev–Trinajstić information content (AvgIpc) is 2.50. The van der Waals surface area contributed by atoms with E-state index in [2.05, 4.69) is 9.97 Å². The van der Waals surface area contributed by atoms with Crippen LogP contribution in [0.2, 0.25) is 0 Å². The Labute approximate surface area is 118 Å². The summed E-state index contributed by atoms with van der Waals surface area (Å²) in [4.78, 5) is 22.5. The van der Waals surface area contributed by atoms with E-state index < -0.39 is 0 Å². The maximum absolute atomic E-state index is 12.3. The third-order valence-electron chi connectivity index (χ3n) is 3.26. The summed E-state index contributed by atoms with van der Waals surface area (Å²) >= 11 is 0. The van der Waals surface area contributed by atoms with Crippen molar-refractivity contribution in [3.63, 3.8) is 0 Å². The highest BCUT2D eigenvalue weighted by atomic mass is 16.2. The highest BCUT2D eigenvalue weighted by Crippen LogP contribution is 2.12. The monoisotopic (exact) mass is 272 g/mol. The van der Waals surface area contributed by atoms with Crippen molar-refractivity contribution in [2.24, 2.45) is 5.73 Å². The van der Waals surface area contributed by atoms with Gasteiger partial charge in [-0.15, -0.1) is 0 Å². The number of nitrogens with two attached hydrogens (primary N) is 1. The molecule has 5 nitrogen and oxygen atoms in total. The smallest absolute Gasteiger partial charge is 0.253 e. The molecule has 0 fully saturated rings. The molecule has 0 bridgehead atoms. The van der Waals surface area contributed by atoms with Crippen LogP contribution in [-0.4, -0.2) is 40.9 Å². The third-order valence-corrected chi connectivity index (χ3v) is 3.26. The molecule has 2 aromatic rings. The van der Waals surface area contributed by atoms with Crippen LogP contribution in [0.1, 0.15) is 29.6 Å². The summed E-state index contributed by atoms with van der Waals surface area (Å²) < 4.78 is 0. The molecule has 0 atom stereocenters. The lowest BCUT2D eigenvalue weighted by atomic mass is 10.1. The van der Waals surface area contributed by atoms with E-state index in [1.807, 2.05) is 13.1 Å². The lowest BCUT2D eigenvalue weighted by Gasteiger charge is -2.17. The lowest BCUT2D eigenvalue weighted by molar-refractivity contribution is 0.0793. The van der Waals surface area contributed by atoms with Gasteiger partial charge in [0.05, 0.1) is 11.0 Å². The van der Waals surface area contributed by atoms with Crippen LogP contribution in [0.15, 0.2) is 30.6 Å². The summed E-state index contributed by atoms with van der Waals surface area (Å²) in [6, 6.07) is 5.43. The van der Waals surface area contributed by atoms with Crippen molar-refractivity contribution in [3.8, 4) is 0 Å². The number of nitrogens with zero attached hydrogens (tertiary/aromatic N) is 3. The average molecular weight is 272 g/mol. The fraction of sp³-hybridized carbons (Fsp3) is 0.400. The Balaban J connectivity index is 2.02. The minimum atomic E-state index is 0.0188. The van der Waals surface area contributed by atoms with Gasteiger partial charge in [-0.3, -0.25) is 14.8 Å². The number of carbonyl (C=O) groups excluding carboxylic acids is 1. The maximum atomic E-state index is 12.3. The number of rotatable bonds is 6. The van der Waals surface area contributed by atoms with Crippen LogP contribution in [0.4, 0.5) is 0 Å². The molecule has 2 N–H and O–H groups in total. The molecular formula is C15H20N4O. The molecule has 2 rings (SSSR count). The number of unbranched alkanes of at least 4 members (excludes halogenated alkanes) is 2. The van der Waals surface area contributed by atoms with E-state index in [1.165, 1.54) is 0 Å². The number of hydrogen-bond acceptors (Lipinski definition) is 4. The van der Waals surface area contributed by atoms with Crippen molar-refractivity contribution in [2.45, 2.75) is 19.3 Å². The van der Waals surface area contributed by atoms with E-state index in [-0.39, 0.29) is 5.91 Å². The minimum Gasteiger partial charge on any atom is -0.342 e. The van der Waals surface area contributed by atoms with Crippen LogP contribution >= 0.6 is 0 Å². The van der Waals surface area contributed by atoms with Crippen LogP contribution in [0.5, 0.6) is 0 Å². The fourth-order valence-electron chi connectivity index (χ4n) is 2.09. The number of carbonyl (C=O) groups is 1. The maximum Gasteiger partial charge on any atom is 0.253 e. The Morgan fingerprint density at radius 2 is 1.90 bits per heavy atom. The van der Waals surface area contributed by atoms with Crippen molar-refractivity contribution in [3.05, 3.63) is 36.2 Å². The van der Waals surface area contributed by atoms with Gasteiger partial charge < -0.3 is 10.6 Å². The van der Waals surface area contributed by atoms with Gasteiger partial charge >= 0.3 is 0 Å². The van der Waals surface area contributed by atoms with Crippen LogP contribution < -0.4 is 5.73 Å². The number of aromatic nitrogens is 2. The van der Waals surface area contributed by atoms with Gasteiger partial charge in [0, 0.05) is 31.5 Å². The number of fused-ring (bicyclic) bond motifs is 1. The van der Waals surface area contributed by atoms with Crippen molar-refractivity contribution in [1.82, 2.24) is 14.9 Å². The molecule has 1 heterocycles. The van der Waals surface area contributed by atoms with Gasteiger partial charge in [0.2, 0.25) is 0 Å². The van der Waals surface area contributed by atoms with Gasteiger partial charge in [-0.05, 0) is 37.6 Å². The van der Waals surface area contributed by atoms with Crippen LogP contribution in [-0.2, 0) is 0 Å². The normalized spacial score (nSPS) is 10.7. The summed E-state index contributed by atoms with van der Waals surface area (Å²) in [6.07, 6.45) is 6.32. The topological polar surface area (TPSA) is 72.1 Å². The Bertz CT molecular complexity index is 585. The van der Waals surface area contributed by atoms with Gasteiger partial charge in [0.1, 0.15) is 0 Å². The van der Waals surface area contributed by atoms with Gasteiger partial charge in [-0.1, -0.05) is 6.42 Å². The molecule has 1 aromatic heterocycles. The first-order chi connectivity index (χ1) is 9.72. The number of benzene rings is 1. The molecule has 0 radical (unpaired) electrons. The zero-order valence-corrected chi connectivity index (χ0v) is 11.7. The van der Waals surface area contributed by atoms with Gasteiger partial charge in [0.25, 0.3) is 5.91 Å². The van der Waals surface area contributed by atoms with Crippen molar-refractivity contribution in [1.29, 1.82) is 0 Å². The summed E-state index contributed by atoms with van der Waals surface area (Å²) in [7, 11) is 1.83. The first-order valence-corrected chi connectivity index (χ1v) is 6.88. The number of hydrogen-bond donors (Lipinski definition) is 1. The van der Waals surface area contributed by atoms with Crippen molar-refractivity contribution in [2.75, 3.05) is 20.1 Å². The quantitative estimate of drug-likeness (QED) is 0.814. The molecule has 5 heteroatoms. The molecule has 1 aromatic carbocycles. The second-order valence-electron chi connectivity index (χ2n) is 4.84. The molecule has 0 saturated heterocycles. The van der Waals surface area contributed by atoms with Crippen molar-refractivity contribution >= 4 is 16.9 Å². The second kappa shape index (κ2) is 6.96. The molecule has 106 valence electrons. The SMILES string of the molecule is CN(CCCCCN)C(=O)c1ccc2nccnc2c1. The predicted octanol–water partition coefficient (Wildman–Crippen LogP) is 1.83. The van der Waals surface area contributed by atoms with Gasteiger partial charge in [-0.2, -0.15) is 0 Å². The van der Waals surface area contributed by atoms with Gasteiger partial charge in [0.15, 0.2) is 0 Å². The second-order valence-corrected chi connectivity index (χ2v) is 4.84. The molecule has 0 spiro atoms. The largest absolute Gasteiger partial charge is 0.342 e. The minimum absolute atomic E-state index is 0.0188. The lowest BCUT2D eigenvalue weighted by Crippen LogP contribution is -2.27. The Morgan fingerprint density at radius 3 is 2.65 bits per heavy atom. The highest BCUT2D eigenvalue weighted by molar-refractivity contribution is 5.97. The third kappa shape index (κ3) is 3.51. The van der Waals surface area contributed by atoms with E-state index >= 15 is 0 Å². The molecular weight excluding hydrogens is 252 g/mol. The summed E-state index contributed by atoms with van der Waals surface area (Å²) in [5, 5.41) is 0. The summed E-state index contributed by atoms with van der Waals surface area (Å²) in [6.45, 7) is 1.46. The van der Waals surface area contributed by atoms with Crippen LogP contribution in [0, 0.1) is 0 Å². The predicted molar refractivity (Wildman–Crippen MR) is 79.4 cm³/mol. The van der Waals surface area contributed by atoms with Crippen molar-refractivity contribution < 1.29 is 4.79 Å². The Hall–Kier alpha value is -2.01. The molecule has 0 unspecified atom stereocenters. The standard InChI is InChI=1S/C15H20N4O/c1-19(10-4-2-3-7-16)15(20)12-5-6-13-14(11-12)18-9-8-17-13/h5-6,8-9,11H,2-4,7,10,16H2,1H3. The Morgan fingerprint density at radius 1 is 1.15 bits per heavy atom. The molecule has 0 aliphatic carbocycles.